The normalized spacial score (nSPS) is 11.7. The summed E-state index contributed by atoms with van der Waals surface area (Å²) in [4.78, 5) is 0. The van der Waals surface area contributed by atoms with Crippen molar-refractivity contribution < 1.29 is 0 Å². The Bertz CT molecular complexity index is 1090. The van der Waals surface area contributed by atoms with E-state index < -0.39 is 0 Å². The Hall–Kier alpha value is -2.80. The maximum Gasteiger partial charge on any atom is 0.0541 e. The van der Waals surface area contributed by atoms with Gasteiger partial charge in [0, 0.05) is 5.39 Å². The van der Waals surface area contributed by atoms with Crippen LogP contribution in [0, 0.1) is 6.92 Å². The van der Waals surface area contributed by atoms with Crippen LogP contribution in [-0.4, -0.2) is 4.57 Å². The summed E-state index contributed by atoms with van der Waals surface area (Å²) in [7, 11) is 0. The molecular formula is C27H29N. The van der Waals surface area contributed by atoms with Crippen LogP contribution in [0.25, 0.3) is 27.8 Å². The molecule has 0 fully saturated rings. The zero-order chi connectivity index (χ0) is 19.8. The molecule has 0 aliphatic heterocycles. The molecule has 1 heterocycles. The zero-order valence-corrected chi connectivity index (χ0v) is 17.5. The zero-order valence-electron chi connectivity index (χ0n) is 17.5. The average Bonchev–Trinajstić information content (AvgIpc) is 3.06. The highest BCUT2D eigenvalue weighted by Crippen LogP contribution is 2.38. The summed E-state index contributed by atoms with van der Waals surface area (Å²) >= 11 is 0. The second-order valence-electron chi connectivity index (χ2n) is 8.39. The van der Waals surface area contributed by atoms with E-state index in [0.29, 0.717) is 11.8 Å². The van der Waals surface area contributed by atoms with Crippen LogP contribution >= 0.6 is 0 Å². The molecule has 1 aromatic heterocycles. The number of para-hydroxylation sites is 1. The number of aryl methyl sites for hydroxylation is 1. The number of rotatable bonds is 4. The van der Waals surface area contributed by atoms with Crippen molar-refractivity contribution in [3.63, 3.8) is 0 Å². The monoisotopic (exact) mass is 367 g/mol. The predicted octanol–water partition coefficient (Wildman–Crippen LogP) is 7.85. The summed E-state index contributed by atoms with van der Waals surface area (Å²) in [5.74, 6) is 0.916. The van der Waals surface area contributed by atoms with Gasteiger partial charge >= 0.3 is 0 Å². The predicted molar refractivity (Wildman–Crippen MR) is 122 cm³/mol. The topological polar surface area (TPSA) is 4.93 Å². The van der Waals surface area contributed by atoms with E-state index in [1.54, 1.807) is 0 Å². The molecule has 142 valence electrons. The molecule has 0 aliphatic carbocycles. The van der Waals surface area contributed by atoms with E-state index in [-0.39, 0.29) is 0 Å². The highest BCUT2D eigenvalue weighted by atomic mass is 15.0. The van der Waals surface area contributed by atoms with Gasteiger partial charge in [-0.1, -0.05) is 88.4 Å². The minimum absolute atomic E-state index is 0.458. The van der Waals surface area contributed by atoms with Crippen LogP contribution in [-0.2, 0) is 0 Å². The van der Waals surface area contributed by atoms with Crippen LogP contribution in [0.3, 0.4) is 0 Å². The summed E-state index contributed by atoms with van der Waals surface area (Å²) < 4.78 is 2.50. The van der Waals surface area contributed by atoms with Gasteiger partial charge in [-0.3, -0.25) is 0 Å². The van der Waals surface area contributed by atoms with E-state index in [9.17, 15) is 0 Å². The first-order chi connectivity index (χ1) is 13.5. The fraction of sp³-hybridized carbons (Fsp3) is 0.259. The minimum atomic E-state index is 0.458. The van der Waals surface area contributed by atoms with Gasteiger partial charge in [-0.2, -0.15) is 0 Å². The third-order valence-corrected chi connectivity index (χ3v) is 5.60. The van der Waals surface area contributed by atoms with E-state index in [1.165, 1.54) is 44.5 Å². The van der Waals surface area contributed by atoms with Gasteiger partial charge < -0.3 is 4.57 Å². The van der Waals surface area contributed by atoms with E-state index in [4.69, 9.17) is 0 Å². The van der Waals surface area contributed by atoms with E-state index in [0.717, 1.165) is 0 Å². The maximum absolute atomic E-state index is 2.50. The second kappa shape index (κ2) is 7.31. The fourth-order valence-corrected chi connectivity index (χ4v) is 4.14. The number of hydrogen-bond acceptors (Lipinski definition) is 0. The smallest absolute Gasteiger partial charge is 0.0541 e. The molecule has 0 amide bonds. The van der Waals surface area contributed by atoms with Gasteiger partial charge in [0.1, 0.15) is 0 Å². The highest BCUT2D eigenvalue weighted by Gasteiger charge is 2.20. The van der Waals surface area contributed by atoms with E-state index in [1.807, 2.05) is 0 Å². The molecule has 0 aliphatic rings. The Kier molecular flexibility index (Phi) is 4.85. The van der Waals surface area contributed by atoms with Gasteiger partial charge in [-0.25, -0.2) is 0 Å². The molecule has 0 spiro atoms. The van der Waals surface area contributed by atoms with Crippen molar-refractivity contribution >= 4 is 10.9 Å². The van der Waals surface area contributed by atoms with Gasteiger partial charge in [0.05, 0.1) is 16.9 Å². The molecule has 1 heteroatoms. The number of nitrogens with zero attached hydrogens (tertiary/aromatic N) is 1. The van der Waals surface area contributed by atoms with Crippen LogP contribution in [0.5, 0.6) is 0 Å². The lowest BCUT2D eigenvalue weighted by atomic mass is 9.92. The largest absolute Gasteiger partial charge is 0.309 e. The molecule has 4 aromatic rings. The van der Waals surface area contributed by atoms with Crippen LogP contribution in [0.15, 0.2) is 72.8 Å². The van der Waals surface area contributed by atoms with Crippen LogP contribution < -0.4 is 0 Å². The number of aromatic nitrogens is 1. The van der Waals surface area contributed by atoms with Gasteiger partial charge in [0.2, 0.25) is 0 Å². The molecule has 0 N–H and O–H groups in total. The lowest BCUT2D eigenvalue weighted by molar-refractivity contribution is 0.812. The number of hydrogen-bond donors (Lipinski definition) is 0. The van der Waals surface area contributed by atoms with Crippen molar-refractivity contribution in [2.75, 3.05) is 0 Å². The summed E-state index contributed by atoms with van der Waals surface area (Å²) in [5.41, 5.74) is 9.26. The van der Waals surface area contributed by atoms with Crippen molar-refractivity contribution in [2.24, 2.45) is 0 Å². The highest BCUT2D eigenvalue weighted by molar-refractivity contribution is 5.90. The molecule has 0 unspecified atom stereocenters. The molecule has 0 bridgehead atoms. The van der Waals surface area contributed by atoms with Gasteiger partial charge in [0.15, 0.2) is 0 Å². The summed E-state index contributed by atoms with van der Waals surface area (Å²) in [6, 6.07) is 26.7. The van der Waals surface area contributed by atoms with Gasteiger partial charge in [-0.15, -0.1) is 0 Å². The SMILES string of the molecule is Cc1ccc2cc(-c3ccccc3)n(-c3c(C(C)C)cccc3C(C)C)c2c1. The summed E-state index contributed by atoms with van der Waals surface area (Å²) in [5, 5.41) is 1.29. The first-order valence-corrected chi connectivity index (χ1v) is 10.3. The lowest BCUT2D eigenvalue weighted by Crippen LogP contribution is -2.08. The van der Waals surface area contributed by atoms with Crippen molar-refractivity contribution in [3.05, 3.63) is 89.5 Å². The van der Waals surface area contributed by atoms with Crippen molar-refractivity contribution in [1.82, 2.24) is 4.57 Å². The average molecular weight is 368 g/mol. The Morgan fingerprint density at radius 3 is 1.93 bits per heavy atom. The fourth-order valence-electron chi connectivity index (χ4n) is 4.14. The van der Waals surface area contributed by atoms with Crippen molar-refractivity contribution in [2.45, 2.75) is 46.5 Å². The molecule has 0 radical (unpaired) electrons. The number of fused-ring (bicyclic) bond motifs is 1. The van der Waals surface area contributed by atoms with Gasteiger partial charge in [0.25, 0.3) is 0 Å². The Labute approximate surface area is 168 Å². The van der Waals surface area contributed by atoms with Crippen LogP contribution in [0.1, 0.15) is 56.2 Å². The maximum atomic E-state index is 2.50. The molecule has 0 saturated carbocycles. The molecule has 28 heavy (non-hydrogen) atoms. The molecule has 3 aromatic carbocycles. The minimum Gasteiger partial charge on any atom is -0.309 e. The molecule has 0 atom stereocenters. The van der Waals surface area contributed by atoms with Crippen LogP contribution in [0.4, 0.5) is 0 Å². The standard InChI is InChI=1S/C27H29N/c1-18(2)23-12-9-13-24(19(3)4)27(23)28-25-16-20(5)14-15-22(25)17-26(28)21-10-7-6-8-11-21/h6-19H,1-5H3. The van der Waals surface area contributed by atoms with E-state index >= 15 is 0 Å². The third-order valence-electron chi connectivity index (χ3n) is 5.60. The molecular weight excluding hydrogens is 338 g/mol. The van der Waals surface area contributed by atoms with Crippen molar-refractivity contribution in [1.29, 1.82) is 0 Å². The van der Waals surface area contributed by atoms with Crippen LogP contribution in [0.2, 0.25) is 0 Å². The molecule has 0 saturated heterocycles. The Balaban J connectivity index is 2.16. The first-order valence-electron chi connectivity index (χ1n) is 10.3. The first kappa shape index (κ1) is 18.6. The molecule has 1 nitrogen and oxygen atoms in total. The van der Waals surface area contributed by atoms with Crippen molar-refractivity contribution in [3.8, 4) is 16.9 Å². The van der Waals surface area contributed by atoms with Gasteiger partial charge in [-0.05, 0) is 53.1 Å². The summed E-state index contributed by atoms with van der Waals surface area (Å²) in [6.07, 6.45) is 0. The molecule has 4 rings (SSSR count). The Morgan fingerprint density at radius 2 is 1.32 bits per heavy atom. The Morgan fingerprint density at radius 1 is 0.679 bits per heavy atom. The quantitative estimate of drug-likeness (QED) is 0.346. The second-order valence-corrected chi connectivity index (χ2v) is 8.39. The third kappa shape index (κ3) is 3.16. The number of benzene rings is 3. The summed E-state index contributed by atoms with van der Waals surface area (Å²) in [6.45, 7) is 11.4. The van der Waals surface area contributed by atoms with E-state index in [2.05, 4.69) is 112 Å². The lowest BCUT2D eigenvalue weighted by Gasteiger charge is -2.23.